The van der Waals surface area contributed by atoms with E-state index in [0.717, 1.165) is 11.3 Å². The average molecular weight is 291 g/mol. The van der Waals surface area contributed by atoms with Crippen LogP contribution in [0.5, 0.6) is 5.75 Å². The predicted octanol–water partition coefficient (Wildman–Crippen LogP) is 1.82. The van der Waals surface area contributed by atoms with Crippen molar-refractivity contribution in [3.63, 3.8) is 0 Å². The maximum Gasteiger partial charge on any atom is 0.223 e. The number of carbonyl (C=O) groups excluding carboxylic acids is 2. The van der Waals surface area contributed by atoms with E-state index in [1.807, 2.05) is 31.2 Å². The van der Waals surface area contributed by atoms with Gasteiger partial charge in [-0.05, 0) is 24.6 Å². The lowest BCUT2D eigenvalue weighted by Crippen LogP contribution is -2.29. The third kappa shape index (κ3) is 3.42. The first kappa shape index (κ1) is 15.5. The summed E-state index contributed by atoms with van der Waals surface area (Å²) < 4.78 is 10.00. The monoisotopic (exact) mass is 291 g/mol. The fourth-order valence-electron chi connectivity index (χ4n) is 2.64. The van der Waals surface area contributed by atoms with Crippen LogP contribution in [0.15, 0.2) is 24.3 Å². The normalized spacial score (nSPS) is 19.7. The van der Waals surface area contributed by atoms with Gasteiger partial charge in [0.05, 0.1) is 13.2 Å². The minimum Gasteiger partial charge on any atom is -0.497 e. The van der Waals surface area contributed by atoms with Gasteiger partial charge in [0.25, 0.3) is 0 Å². The first-order chi connectivity index (χ1) is 10.1. The summed E-state index contributed by atoms with van der Waals surface area (Å²) in [7, 11) is 3.11. The van der Waals surface area contributed by atoms with Crippen molar-refractivity contribution in [2.24, 2.45) is 5.92 Å². The van der Waals surface area contributed by atoms with Crippen LogP contribution in [0.3, 0.4) is 0 Å². The molecule has 21 heavy (non-hydrogen) atoms. The van der Waals surface area contributed by atoms with Gasteiger partial charge < -0.3 is 14.4 Å². The number of methoxy groups -OCH3 is 2. The Kier molecular flexibility index (Phi) is 4.96. The molecule has 5 nitrogen and oxygen atoms in total. The quantitative estimate of drug-likeness (QED) is 0.802. The van der Waals surface area contributed by atoms with Gasteiger partial charge in [0.15, 0.2) is 5.78 Å². The summed E-state index contributed by atoms with van der Waals surface area (Å²) in [4.78, 5) is 25.8. The molecule has 0 saturated carbocycles. The van der Waals surface area contributed by atoms with E-state index in [9.17, 15) is 9.59 Å². The Bertz CT molecular complexity index is 512. The van der Waals surface area contributed by atoms with Crippen LogP contribution in [0.1, 0.15) is 24.9 Å². The van der Waals surface area contributed by atoms with Crippen LogP contribution in [0.4, 0.5) is 0 Å². The van der Waals surface area contributed by atoms with E-state index in [1.165, 1.54) is 7.11 Å². The summed E-state index contributed by atoms with van der Waals surface area (Å²) in [6, 6.07) is 7.59. The van der Waals surface area contributed by atoms with Crippen LogP contribution >= 0.6 is 0 Å². The molecular formula is C16H21NO4. The third-order valence-electron chi connectivity index (χ3n) is 3.97. The predicted molar refractivity (Wildman–Crippen MR) is 78.1 cm³/mol. The highest BCUT2D eigenvalue weighted by Crippen LogP contribution is 2.29. The number of carbonyl (C=O) groups is 2. The second kappa shape index (κ2) is 6.72. The number of likely N-dealkylation sites (tertiary alicyclic amines) is 1. The molecule has 1 amide bonds. The van der Waals surface area contributed by atoms with Crippen molar-refractivity contribution >= 4 is 11.7 Å². The molecule has 1 aliphatic rings. The summed E-state index contributed by atoms with van der Waals surface area (Å²) in [5.41, 5.74) is 1.03. The summed E-state index contributed by atoms with van der Waals surface area (Å²) in [6.07, 6.45) is 0.280. The van der Waals surface area contributed by atoms with Crippen LogP contribution in [0.2, 0.25) is 0 Å². The molecule has 0 spiro atoms. The van der Waals surface area contributed by atoms with Crippen molar-refractivity contribution in [1.82, 2.24) is 4.90 Å². The Balaban J connectivity index is 2.06. The fraction of sp³-hybridized carbons (Fsp3) is 0.500. The summed E-state index contributed by atoms with van der Waals surface area (Å²) >= 11 is 0. The molecule has 0 bridgehead atoms. The molecule has 1 saturated heterocycles. The van der Waals surface area contributed by atoms with Crippen molar-refractivity contribution in [3.05, 3.63) is 29.8 Å². The zero-order chi connectivity index (χ0) is 15.4. The topological polar surface area (TPSA) is 55.8 Å². The lowest BCUT2D eigenvalue weighted by Gasteiger charge is -2.25. The van der Waals surface area contributed by atoms with Crippen molar-refractivity contribution < 1.29 is 19.1 Å². The highest BCUT2D eigenvalue weighted by Gasteiger charge is 2.36. The highest BCUT2D eigenvalue weighted by molar-refractivity contribution is 5.91. The molecule has 5 heteroatoms. The zero-order valence-electron chi connectivity index (χ0n) is 12.7. The Hall–Kier alpha value is -1.88. The highest BCUT2D eigenvalue weighted by atomic mass is 16.5. The number of hydrogen-bond acceptors (Lipinski definition) is 4. The van der Waals surface area contributed by atoms with Crippen molar-refractivity contribution in [2.75, 3.05) is 27.4 Å². The maximum absolute atomic E-state index is 12.1. The molecule has 1 aromatic rings. The summed E-state index contributed by atoms with van der Waals surface area (Å²) in [5, 5.41) is 0. The van der Waals surface area contributed by atoms with E-state index < -0.39 is 0 Å². The smallest absolute Gasteiger partial charge is 0.223 e. The SMILES string of the molecule is COCC(=O)[C@H]1CC(=O)N([C@@H](C)c2ccc(OC)cc2)C1. The van der Waals surface area contributed by atoms with Crippen molar-refractivity contribution in [3.8, 4) is 5.75 Å². The van der Waals surface area contributed by atoms with Gasteiger partial charge in [-0.3, -0.25) is 9.59 Å². The van der Waals surface area contributed by atoms with Crippen LogP contribution < -0.4 is 4.74 Å². The molecular weight excluding hydrogens is 270 g/mol. The van der Waals surface area contributed by atoms with E-state index >= 15 is 0 Å². The third-order valence-corrected chi connectivity index (χ3v) is 3.97. The van der Waals surface area contributed by atoms with E-state index in [4.69, 9.17) is 9.47 Å². The Morgan fingerprint density at radius 1 is 1.33 bits per heavy atom. The summed E-state index contributed by atoms with van der Waals surface area (Å²) in [6.45, 7) is 2.51. The van der Waals surface area contributed by atoms with E-state index in [0.29, 0.717) is 6.54 Å². The standard InChI is InChI=1S/C16H21NO4/c1-11(12-4-6-14(21-3)7-5-12)17-9-13(8-16(17)19)15(18)10-20-2/h4-7,11,13H,8-10H2,1-3H3/t11-,13-/m0/s1. The minimum absolute atomic E-state index is 0.00437. The molecule has 1 heterocycles. The second-order valence-electron chi connectivity index (χ2n) is 5.30. The summed E-state index contributed by atoms with van der Waals surface area (Å²) in [5.74, 6) is 0.549. The number of Topliss-reactive ketones (excluding diaryl/α,β-unsaturated/α-hetero) is 1. The van der Waals surface area contributed by atoms with Gasteiger partial charge in [-0.25, -0.2) is 0 Å². The Morgan fingerprint density at radius 2 is 2.00 bits per heavy atom. The van der Waals surface area contributed by atoms with Crippen LogP contribution in [0.25, 0.3) is 0 Å². The molecule has 1 aliphatic heterocycles. The van der Waals surface area contributed by atoms with Crippen LogP contribution in [-0.2, 0) is 14.3 Å². The first-order valence-corrected chi connectivity index (χ1v) is 7.02. The van der Waals surface area contributed by atoms with Gasteiger partial charge in [0, 0.05) is 26.0 Å². The molecule has 0 unspecified atom stereocenters. The van der Waals surface area contributed by atoms with Gasteiger partial charge in [0.1, 0.15) is 12.4 Å². The lowest BCUT2D eigenvalue weighted by atomic mass is 10.0. The molecule has 2 atom stereocenters. The Labute approximate surface area is 124 Å². The molecule has 0 aromatic heterocycles. The van der Waals surface area contributed by atoms with E-state index in [1.54, 1.807) is 12.0 Å². The zero-order valence-corrected chi connectivity index (χ0v) is 12.7. The fourth-order valence-corrected chi connectivity index (χ4v) is 2.64. The van der Waals surface area contributed by atoms with Gasteiger partial charge in [-0.15, -0.1) is 0 Å². The van der Waals surface area contributed by atoms with Gasteiger partial charge in [-0.2, -0.15) is 0 Å². The molecule has 0 aliphatic carbocycles. The molecule has 0 radical (unpaired) electrons. The van der Waals surface area contributed by atoms with E-state index in [2.05, 4.69) is 0 Å². The number of ketones is 1. The molecule has 1 fully saturated rings. The number of hydrogen-bond donors (Lipinski definition) is 0. The van der Waals surface area contributed by atoms with E-state index in [-0.39, 0.29) is 36.7 Å². The number of amides is 1. The van der Waals surface area contributed by atoms with Gasteiger partial charge in [0.2, 0.25) is 5.91 Å². The molecule has 0 N–H and O–H groups in total. The molecule has 114 valence electrons. The number of benzene rings is 1. The average Bonchev–Trinajstić information content (AvgIpc) is 2.89. The van der Waals surface area contributed by atoms with Crippen LogP contribution in [-0.4, -0.2) is 44.0 Å². The second-order valence-corrected chi connectivity index (χ2v) is 5.30. The number of rotatable bonds is 6. The van der Waals surface area contributed by atoms with Gasteiger partial charge >= 0.3 is 0 Å². The molecule has 1 aromatic carbocycles. The van der Waals surface area contributed by atoms with Crippen molar-refractivity contribution in [2.45, 2.75) is 19.4 Å². The first-order valence-electron chi connectivity index (χ1n) is 7.02. The van der Waals surface area contributed by atoms with Gasteiger partial charge in [-0.1, -0.05) is 12.1 Å². The van der Waals surface area contributed by atoms with Crippen molar-refractivity contribution in [1.29, 1.82) is 0 Å². The lowest BCUT2D eigenvalue weighted by molar-refractivity contribution is -0.130. The number of nitrogens with zero attached hydrogens (tertiary/aromatic N) is 1. The molecule has 2 rings (SSSR count). The largest absolute Gasteiger partial charge is 0.497 e. The number of ether oxygens (including phenoxy) is 2. The minimum atomic E-state index is -0.252. The Morgan fingerprint density at radius 3 is 2.57 bits per heavy atom. The van der Waals surface area contributed by atoms with Crippen LogP contribution in [0, 0.1) is 5.92 Å². The maximum atomic E-state index is 12.1.